The molecule has 1 N–H and O–H groups in total. The Morgan fingerprint density at radius 1 is 1.42 bits per heavy atom. The van der Waals surface area contributed by atoms with E-state index in [2.05, 4.69) is 33.4 Å². The first-order valence-corrected chi connectivity index (χ1v) is 8.39. The zero-order valence-electron chi connectivity index (χ0n) is 10.7. The second-order valence-corrected chi connectivity index (χ2v) is 6.46. The summed E-state index contributed by atoms with van der Waals surface area (Å²) in [6.45, 7) is 1.48. The lowest BCUT2D eigenvalue weighted by molar-refractivity contribution is -0.119. The molecule has 1 aromatic rings. The largest absolute Gasteiger partial charge is 0.376 e. The third-order valence-corrected chi connectivity index (χ3v) is 4.50. The molecule has 104 valence electrons. The maximum atomic E-state index is 11.6. The molecule has 1 saturated heterocycles. The van der Waals surface area contributed by atoms with Crippen LogP contribution in [0.15, 0.2) is 28.7 Å². The summed E-state index contributed by atoms with van der Waals surface area (Å²) in [7, 11) is 0. The lowest BCUT2D eigenvalue weighted by Gasteiger charge is -2.10. The smallest absolute Gasteiger partial charge is 0.230 e. The van der Waals surface area contributed by atoms with Gasteiger partial charge in [-0.15, -0.1) is 11.8 Å². The van der Waals surface area contributed by atoms with Gasteiger partial charge in [-0.1, -0.05) is 28.1 Å². The molecule has 0 radical (unpaired) electrons. The molecule has 0 saturated carbocycles. The highest BCUT2D eigenvalue weighted by molar-refractivity contribution is 9.10. The summed E-state index contributed by atoms with van der Waals surface area (Å²) in [6.07, 6.45) is 2.39. The Labute approximate surface area is 126 Å². The van der Waals surface area contributed by atoms with Gasteiger partial charge in [-0.05, 0) is 30.5 Å². The summed E-state index contributed by atoms with van der Waals surface area (Å²) in [5.41, 5.74) is 1.24. The van der Waals surface area contributed by atoms with Gasteiger partial charge in [0.05, 0.1) is 11.9 Å². The second kappa shape index (κ2) is 7.92. The van der Waals surface area contributed by atoms with Crippen molar-refractivity contribution in [3.8, 4) is 0 Å². The van der Waals surface area contributed by atoms with Crippen molar-refractivity contribution in [3.05, 3.63) is 34.3 Å². The van der Waals surface area contributed by atoms with Gasteiger partial charge in [-0.25, -0.2) is 0 Å². The second-order valence-electron chi connectivity index (χ2n) is 4.56. The Bertz CT molecular complexity index is 404. The molecule has 0 spiro atoms. The van der Waals surface area contributed by atoms with Gasteiger partial charge in [0.1, 0.15) is 0 Å². The fraction of sp³-hybridized carbons (Fsp3) is 0.500. The van der Waals surface area contributed by atoms with Crippen LogP contribution in [0.5, 0.6) is 0 Å². The van der Waals surface area contributed by atoms with E-state index in [9.17, 15) is 4.79 Å². The van der Waals surface area contributed by atoms with Gasteiger partial charge in [0.2, 0.25) is 5.91 Å². The van der Waals surface area contributed by atoms with E-state index in [1.165, 1.54) is 5.56 Å². The number of halogens is 1. The van der Waals surface area contributed by atoms with E-state index in [0.717, 1.165) is 29.7 Å². The quantitative estimate of drug-likeness (QED) is 0.862. The molecule has 1 aromatic carbocycles. The summed E-state index contributed by atoms with van der Waals surface area (Å²) in [6, 6.07) is 8.18. The van der Waals surface area contributed by atoms with Gasteiger partial charge >= 0.3 is 0 Å². The maximum absolute atomic E-state index is 11.6. The molecule has 0 bridgehead atoms. The number of hydrogen-bond donors (Lipinski definition) is 1. The number of ether oxygens (including phenoxy) is 1. The van der Waals surface area contributed by atoms with E-state index in [1.54, 1.807) is 11.8 Å². The van der Waals surface area contributed by atoms with Crippen LogP contribution in [0.2, 0.25) is 0 Å². The number of carbonyl (C=O) groups excluding carboxylic acids is 1. The van der Waals surface area contributed by atoms with Crippen LogP contribution >= 0.6 is 27.7 Å². The predicted octanol–water partition coefficient (Wildman–Crippen LogP) is 2.98. The summed E-state index contributed by atoms with van der Waals surface area (Å²) < 4.78 is 6.54. The Morgan fingerprint density at radius 3 is 2.89 bits per heavy atom. The number of thioether (sulfide) groups is 1. The lowest BCUT2D eigenvalue weighted by Crippen LogP contribution is -2.32. The molecule has 1 unspecified atom stereocenters. The zero-order valence-corrected chi connectivity index (χ0v) is 13.1. The van der Waals surface area contributed by atoms with Gasteiger partial charge in [0, 0.05) is 23.4 Å². The van der Waals surface area contributed by atoms with Crippen molar-refractivity contribution in [2.24, 2.45) is 0 Å². The minimum Gasteiger partial charge on any atom is -0.376 e. The Balaban J connectivity index is 1.59. The van der Waals surface area contributed by atoms with Gasteiger partial charge in [0.25, 0.3) is 0 Å². The normalized spacial score (nSPS) is 18.5. The topological polar surface area (TPSA) is 38.3 Å². The van der Waals surface area contributed by atoms with Gasteiger partial charge < -0.3 is 10.1 Å². The van der Waals surface area contributed by atoms with Crippen LogP contribution in [0.25, 0.3) is 0 Å². The molecule has 1 heterocycles. The number of hydrogen-bond acceptors (Lipinski definition) is 3. The molecular weight excluding hydrogens is 326 g/mol. The standard InChI is InChI=1S/C14H18BrNO2S/c15-12-5-3-11(4-6-12)9-19-10-14(17)16-8-13-2-1-7-18-13/h3-6,13H,1-2,7-10H2,(H,16,17). The van der Waals surface area contributed by atoms with Crippen LogP contribution in [-0.4, -0.2) is 30.9 Å². The van der Waals surface area contributed by atoms with E-state index in [1.807, 2.05) is 12.1 Å². The first kappa shape index (κ1) is 14.9. The van der Waals surface area contributed by atoms with Crippen molar-refractivity contribution < 1.29 is 9.53 Å². The molecule has 5 heteroatoms. The molecule has 1 aliphatic rings. The average molecular weight is 344 g/mol. The van der Waals surface area contributed by atoms with Gasteiger partial charge in [0.15, 0.2) is 0 Å². The molecule has 1 aliphatic heterocycles. The van der Waals surface area contributed by atoms with Crippen LogP contribution in [0, 0.1) is 0 Å². The van der Waals surface area contributed by atoms with Crippen LogP contribution in [0.3, 0.4) is 0 Å². The molecule has 19 heavy (non-hydrogen) atoms. The molecule has 3 nitrogen and oxygen atoms in total. The van der Waals surface area contributed by atoms with E-state index in [-0.39, 0.29) is 12.0 Å². The molecule has 1 atom stereocenters. The molecular formula is C14H18BrNO2S. The Kier molecular flexibility index (Phi) is 6.20. The van der Waals surface area contributed by atoms with Crippen LogP contribution in [-0.2, 0) is 15.3 Å². The van der Waals surface area contributed by atoms with Crippen molar-refractivity contribution >= 4 is 33.6 Å². The van der Waals surface area contributed by atoms with Crippen LogP contribution < -0.4 is 5.32 Å². The predicted molar refractivity (Wildman–Crippen MR) is 82.3 cm³/mol. The summed E-state index contributed by atoms with van der Waals surface area (Å²) in [4.78, 5) is 11.6. The number of nitrogens with one attached hydrogen (secondary N) is 1. The highest BCUT2D eigenvalue weighted by Gasteiger charge is 2.15. The maximum Gasteiger partial charge on any atom is 0.230 e. The minimum atomic E-state index is 0.0950. The first-order valence-electron chi connectivity index (χ1n) is 6.44. The Morgan fingerprint density at radius 2 is 2.21 bits per heavy atom. The van der Waals surface area contributed by atoms with Crippen molar-refractivity contribution in [1.29, 1.82) is 0 Å². The molecule has 0 aromatic heterocycles. The Hall–Kier alpha value is -0.520. The SMILES string of the molecule is O=C(CSCc1ccc(Br)cc1)NCC1CCCO1. The fourth-order valence-electron chi connectivity index (χ4n) is 1.93. The number of rotatable bonds is 6. The highest BCUT2D eigenvalue weighted by Crippen LogP contribution is 2.16. The summed E-state index contributed by atoms with van der Waals surface area (Å²) >= 11 is 5.04. The fourth-order valence-corrected chi connectivity index (χ4v) is 3.01. The number of benzene rings is 1. The third kappa shape index (κ3) is 5.55. The molecule has 0 aliphatic carbocycles. The molecule has 1 amide bonds. The van der Waals surface area contributed by atoms with Crippen molar-refractivity contribution in [1.82, 2.24) is 5.32 Å². The minimum absolute atomic E-state index is 0.0950. The van der Waals surface area contributed by atoms with E-state index < -0.39 is 0 Å². The lowest BCUT2D eigenvalue weighted by atomic mass is 10.2. The first-order chi connectivity index (χ1) is 9.24. The van der Waals surface area contributed by atoms with Crippen LogP contribution in [0.1, 0.15) is 18.4 Å². The van der Waals surface area contributed by atoms with Crippen LogP contribution in [0.4, 0.5) is 0 Å². The van der Waals surface area contributed by atoms with Crippen molar-refractivity contribution in [2.75, 3.05) is 18.9 Å². The van der Waals surface area contributed by atoms with Crippen molar-refractivity contribution in [3.63, 3.8) is 0 Å². The molecule has 2 rings (SSSR count). The highest BCUT2D eigenvalue weighted by atomic mass is 79.9. The molecule has 1 fully saturated rings. The van der Waals surface area contributed by atoms with E-state index in [0.29, 0.717) is 12.3 Å². The van der Waals surface area contributed by atoms with Gasteiger partial charge in [-0.2, -0.15) is 0 Å². The van der Waals surface area contributed by atoms with Gasteiger partial charge in [-0.3, -0.25) is 4.79 Å². The number of carbonyl (C=O) groups is 1. The monoisotopic (exact) mass is 343 g/mol. The summed E-state index contributed by atoms with van der Waals surface area (Å²) in [5.74, 6) is 1.46. The summed E-state index contributed by atoms with van der Waals surface area (Å²) in [5, 5.41) is 2.93. The van der Waals surface area contributed by atoms with E-state index >= 15 is 0 Å². The average Bonchev–Trinajstić information content (AvgIpc) is 2.92. The number of amides is 1. The third-order valence-electron chi connectivity index (χ3n) is 2.97. The van der Waals surface area contributed by atoms with E-state index in [4.69, 9.17) is 4.74 Å². The van der Waals surface area contributed by atoms with Crippen molar-refractivity contribution in [2.45, 2.75) is 24.7 Å². The zero-order chi connectivity index (χ0) is 13.5.